The summed E-state index contributed by atoms with van der Waals surface area (Å²) < 4.78 is 78.4. The van der Waals surface area contributed by atoms with E-state index in [0.717, 1.165) is 35.2 Å². The van der Waals surface area contributed by atoms with Crippen molar-refractivity contribution in [3.8, 4) is 0 Å². The van der Waals surface area contributed by atoms with Crippen LogP contribution in [0.3, 0.4) is 0 Å². The Balaban J connectivity index is 1.52. The summed E-state index contributed by atoms with van der Waals surface area (Å²) in [6.45, 7) is 0.305. The van der Waals surface area contributed by atoms with Gasteiger partial charge < -0.3 is 9.88 Å². The van der Waals surface area contributed by atoms with E-state index in [1.807, 2.05) is 28.8 Å². The second kappa shape index (κ2) is 8.89. The summed E-state index contributed by atoms with van der Waals surface area (Å²) in [6.07, 6.45) is -7.14. The van der Waals surface area contributed by atoms with Gasteiger partial charge in [-0.3, -0.25) is 4.79 Å². The number of carbonyl (C=O) groups excluding carboxylic acids is 1. The number of fused-ring (bicyclic) bond motifs is 1. The third-order valence-corrected chi connectivity index (χ3v) is 5.35. The molecule has 1 aromatic heterocycles. The van der Waals surface area contributed by atoms with Gasteiger partial charge >= 0.3 is 12.4 Å². The third-order valence-electron chi connectivity index (χ3n) is 5.35. The smallest absolute Gasteiger partial charge is 0.343 e. The van der Waals surface area contributed by atoms with Crippen molar-refractivity contribution in [2.45, 2.75) is 25.3 Å². The second-order valence-corrected chi connectivity index (χ2v) is 7.79. The number of amides is 1. The standard InChI is InChI=1S/C25H18F6N2O/c26-24(27,28)18-7-5-16(6-8-18)14-33-15-17(21-3-1-2-4-22(21)33)13-23(34)32-20-11-9-19(10-12-20)25(29,30)31/h1-12,15H,13-14H2,(H,32,34). The van der Waals surface area contributed by atoms with Gasteiger partial charge in [-0.15, -0.1) is 0 Å². The predicted molar refractivity (Wildman–Crippen MR) is 116 cm³/mol. The molecular formula is C25H18F6N2O. The summed E-state index contributed by atoms with van der Waals surface area (Å²) in [4.78, 5) is 12.6. The minimum absolute atomic E-state index is 0.0262. The summed E-state index contributed by atoms with van der Waals surface area (Å²) >= 11 is 0. The Hall–Kier alpha value is -3.75. The molecule has 0 spiro atoms. The number of benzene rings is 3. The Kier molecular flexibility index (Phi) is 6.12. The summed E-state index contributed by atoms with van der Waals surface area (Å²) in [7, 11) is 0. The molecule has 4 aromatic rings. The van der Waals surface area contributed by atoms with E-state index in [9.17, 15) is 31.1 Å². The number of hydrogen-bond donors (Lipinski definition) is 1. The monoisotopic (exact) mass is 476 g/mol. The van der Waals surface area contributed by atoms with E-state index in [0.29, 0.717) is 17.7 Å². The maximum absolute atomic E-state index is 12.8. The quantitative estimate of drug-likeness (QED) is 0.312. The second-order valence-electron chi connectivity index (χ2n) is 7.79. The normalized spacial score (nSPS) is 12.2. The van der Waals surface area contributed by atoms with Crippen molar-refractivity contribution in [3.05, 3.63) is 101 Å². The number of alkyl halides is 6. The van der Waals surface area contributed by atoms with Crippen LogP contribution in [-0.4, -0.2) is 10.5 Å². The summed E-state index contributed by atoms with van der Waals surface area (Å²) in [6, 6.07) is 16.3. The SMILES string of the molecule is O=C(Cc1cn(Cc2ccc(C(F)(F)F)cc2)c2ccccc12)Nc1ccc(C(F)(F)F)cc1. The average molecular weight is 476 g/mol. The van der Waals surface area contributed by atoms with E-state index in [2.05, 4.69) is 5.32 Å². The van der Waals surface area contributed by atoms with Gasteiger partial charge in [-0.05, 0) is 53.6 Å². The molecule has 0 atom stereocenters. The Labute approximate surface area is 190 Å². The first-order chi connectivity index (χ1) is 16.0. The maximum Gasteiger partial charge on any atom is 0.416 e. The van der Waals surface area contributed by atoms with Crippen molar-refractivity contribution in [2.75, 3.05) is 5.32 Å². The molecule has 3 nitrogen and oxygen atoms in total. The molecule has 0 aliphatic rings. The first-order valence-electron chi connectivity index (χ1n) is 10.2. The van der Waals surface area contributed by atoms with Crippen LogP contribution >= 0.6 is 0 Å². The number of anilines is 1. The van der Waals surface area contributed by atoms with E-state index in [-0.39, 0.29) is 12.1 Å². The molecular weight excluding hydrogens is 458 g/mol. The molecule has 0 bridgehead atoms. The molecule has 4 rings (SSSR count). The Morgan fingerprint density at radius 2 is 1.32 bits per heavy atom. The Morgan fingerprint density at radius 1 is 0.765 bits per heavy atom. The largest absolute Gasteiger partial charge is 0.416 e. The molecule has 1 N–H and O–H groups in total. The number of aromatic nitrogens is 1. The molecule has 34 heavy (non-hydrogen) atoms. The van der Waals surface area contributed by atoms with Gasteiger partial charge in [0.1, 0.15) is 0 Å². The molecule has 0 radical (unpaired) electrons. The highest BCUT2D eigenvalue weighted by atomic mass is 19.4. The first-order valence-corrected chi connectivity index (χ1v) is 10.2. The number of nitrogens with zero attached hydrogens (tertiary/aromatic N) is 1. The van der Waals surface area contributed by atoms with Crippen molar-refractivity contribution < 1.29 is 31.1 Å². The zero-order valence-electron chi connectivity index (χ0n) is 17.5. The average Bonchev–Trinajstić information content (AvgIpc) is 3.10. The fourth-order valence-electron chi connectivity index (χ4n) is 3.71. The van der Waals surface area contributed by atoms with Crippen molar-refractivity contribution >= 4 is 22.5 Å². The van der Waals surface area contributed by atoms with Gasteiger partial charge in [-0.25, -0.2) is 0 Å². The van der Waals surface area contributed by atoms with Gasteiger partial charge in [0.05, 0.1) is 17.5 Å². The fourth-order valence-corrected chi connectivity index (χ4v) is 3.71. The van der Waals surface area contributed by atoms with E-state index in [1.54, 1.807) is 6.20 Å². The lowest BCUT2D eigenvalue weighted by Gasteiger charge is -2.09. The molecule has 0 fully saturated rings. The minimum Gasteiger partial charge on any atom is -0.343 e. The third kappa shape index (κ3) is 5.24. The van der Waals surface area contributed by atoms with Gasteiger partial charge in [0.25, 0.3) is 0 Å². The highest BCUT2D eigenvalue weighted by Gasteiger charge is 2.30. The van der Waals surface area contributed by atoms with Crippen LogP contribution in [0.5, 0.6) is 0 Å². The van der Waals surface area contributed by atoms with Crippen LogP contribution in [0, 0.1) is 0 Å². The Bertz CT molecular complexity index is 1300. The van der Waals surface area contributed by atoms with Crippen molar-refractivity contribution in [3.63, 3.8) is 0 Å². The summed E-state index contributed by atoms with van der Waals surface area (Å²) in [5, 5.41) is 3.39. The summed E-state index contributed by atoms with van der Waals surface area (Å²) in [5.74, 6) is -0.405. The highest BCUT2D eigenvalue weighted by Crippen LogP contribution is 2.31. The van der Waals surface area contributed by atoms with Crippen molar-refractivity contribution in [1.29, 1.82) is 0 Å². The van der Waals surface area contributed by atoms with Crippen molar-refractivity contribution in [1.82, 2.24) is 4.57 Å². The molecule has 0 aliphatic carbocycles. The zero-order valence-corrected chi connectivity index (χ0v) is 17.5. The highest BCUT2D eigenvalue weighted by molar-refractivity contribution is 5.96. The topological polar surface area (TPSA) is 34.0 Å². The van der Waals surface area contributed by atoms with E-state index in [4.69, 9.17) is 0 Å². The van der Waals surface area contributed by atoms with Crippen LogP contribution < -0.4 is 5.32 Å². The Morgan fingerprint density at radius 3 is 1.91 bits per heavy atom. The van der Waals surface area contributed by atoms with Gasteiger partial charge in [0.2, 0.25) is 5.91 Å². The van der Waals surface area contributed by atoms with Crippen LogP contribution in [0.4, 0.5) is 32.0 Å². The van der Waals surface area contributed by atoms with Gasteiger partial charge in [0, 0.05) is 29.3 Å². The van der Waals surface area contributed by atoms with E-state index >= 15 is 0 Å². The zero-order chi connectivity index (χ0) is 24.5. The molecule has 9 heteroatoms. The molecule has 0 aliphatic heterocycles. The van der Waals surface area contributed by atoms with Crippen LogP contribution in [0.15, 0.2) is 79.0 Å². The molecule has 0 saturated heterocycles. The minimum atomic E-state index is -4.46. The fraction of sp³-hybridized carbons (Fsp3) is 0.160. The molecule has 176 valence electrons. The van der Waals surface area contributed by atoms with Crippen LogP contribution in [0.1, 0.15) is 22.3 Å². The number of hydrogen-bond acceptors (Lipinski definition) is 1. The number of nitrogens with one attached hydrogen (secondary N) is 1. The lowest BCUT2D eigenvalue weighted by molar-refractivity contribution is -0.138. The van der Waals surface area contributed by atoms with Gasteiger partial charge in [0.15, 0.2) is 0 Å². The lowest BCUT2D eigenvalue weighted by Crippen LogP contribution is -2.14. The van der Waals surface area contributed by atoms with Crippen molar-refractivity contribution in [2.24, 2.45) is 0 Å². The molecule has 0 unspecified atom stereocenters. The lowest BCUT2D eigenvalue weighted by atomic mass is 10.1. The van der Waals surface area contributed by atoms with Gasteiger partial charge in [-0.1, -0.05) is 30.3 Å². The molecule has 1 amide bonds. The van der Waals surface area contributed by atoms with E-state index < -0.39 is 29.4 Å². The van der Waals surface area contributed by atoms with Gasteiger partial charge in [-0.2, -0.15) is 26.3 Å². The van der Waals surface area contributed by atoms with Crippen LogP contribution in [0.2, 0.25) is 0 Å². The molecule has 1 heterocycles. The molecule has 0 saturated carbocycles. The first kappa shape index (κ1) is 23.4. The predicted octanol–water partition coefficient (Wildman–Crippen LogP) is 6.91. The molecule has 3 aromatic carbocycles. The number of rotatable bonds is 5. The summed E-state index contributed by atoms with van der Waals surface area (Å²) in [5.41, 5.74) is 0.860. The maximum atomic E-state index is 12.8. The van der Waals surface area contributed by atoms with Crippen LogP contribution in [-0.2, 0) is 30.1 Å². The number of halogens is 6. The van der Waals surface area contributed by atoms with Crippen LogP contribution in [0.25, 0.3) is 10.9 Å². The van der Waals surface area contributed by atoms with E-state index in [1.165, 1.54) is 24.3 Å². The number of para-hydroxylation sites is 1. The number of carbonyl (C=O) groups is 1.